The zero-order chi connectivity index (χ0) is 10.8. The number of hydrogen-bond donors (Lipinski definition) is 3. The van der Waals surface area contributed by atoms with Crippen molar-refractivity contribution in [2.24, 2.45) is 0 Å². The van der Waals surface area contributed by atoms with Gasteiger partial charge in [-0.05, 0) is 24.3 Å². The Labute approximate surface area is 83.8 Å². The SMILES string of the molecule is Nc1ccc(-c2nc(=O)[nH]c(=O)[nH]2)cc1. The van der Waals surface area contributed by atoms with Gasteiger partial charge in [0.25, 0.3) is 0 Å². The highest BCUT2D eigenvalue weighted by molar-refractivity contribution is 5.57. The molecule has 2 aromatic rings. The first kappa shape index (κ1) is 9.20. The van der Waals surface area contributed by atoms with E-state index >= 15 is 0 Å². The maximum atomic E-state index is 11.0. The largest absolute Gasteiger partial charge is 0.399 e. The summed E-state index contributed by atoms with van der Waals surface area (Å²) >= 11 is 0. The van der Waals surface area contributed by atoms with Crippen LogP contribution in [0.1, 0.15) is 0 Å². The van der Waals surface area contributed by atoms with E-state index in [4.69, 9.17) is 5.73 Å². The van der Waals surface area contributed by atoms with Gasteiger partial charge in [0.05, 0.1) is 0 Å². The third-order valence-electron chi connectivity index (χ3n) is 1.85. The van der Waals surface area contributed by atoms with Gasteiger partial charge in [-0.2, -0.15) is 4.98 Å². The summed E-state index contributed by atoms with van der Waals surface area (Å²) in [5, 5.41) is 0. The van der Waals surface area contributed by atoms with Crippen LogP contribution in [0, 0.1) is 0 Å². The molecule has 15 heavy (non-hydrogen) atoms. The van der Waals surface area contributed by atoms with Crippen molar-refractivity contribution in [3.63, 3.8) is 0 Å². The zero-order valence-corrected chi connectivity index (χ0v) is 7.65. The van der Waals surface area contributed by atoms with Crippen LogP contribution in [-0.4, -0.2) is 15.0 Å². The molecule has 0 saturated carbocycles. The molecule has 1 aromatic heterocycles. The van der Waals surface area contributed by atoms with Gasteiger partial charge < -0.3 is 5.73 Å². The van der Waals surface area contributed by atoms with Crippen LogP contribution in [0.15, 0.2) is 33.9 Å². The molecular weight excluding hydrogens is 196 g/mol. The predicted octanol–water partition coefficient (Wildman–Crippen LogP) is -0.293. The Balaban J connectivity index is 2.59. The van der Waals surface area contributed by atoms with Crippen LogP contribution in [0.5, 0.6) is 0 Å². The molecule has 6 nitrogen and oxygen atoms in total. The van der Waals surface area contributed by atoms with E-state index < -0.39 is 11.4 Å². The van der Waals surface area contributed by atoms with Crippen LogP contribution in [0.3, 0.4) is 0 Å². The van der Waals surface area contributed by atoms with Gasteiger partial charge in [-0.25, -0.2) is 9.59 Å². The Morgan fingerprint density at radius 2 is 1.73 bits per heavy atom. The Hall–Kier alpha value is -2.37. The van der Waals surface area contributed by atoms with Crippen LogP contribution in [-0.2, 0) is 0 Å². The summed E-state index contributed by atoms with van der Waals surface area (Å²) < 4.78 is 0. The Bertz CT molecular complexity index is 554. The molecule has 4 N–H and O–H groups in total. The number of aromatic nitrogens is 3. The number of H-pyrrole nitrogens is 2. The van der Waals surface area contributed by atoms with Crippen molar-refractivity contribution in [3.05, 3.63) is 45.2 Å². The fraction of sp³-hybridized carbons (Fsp3) is 0. The highest BCUT2D eigenvalue weighted by Crippen LogP contribution is 2.13. The first-order chi connectivity index (χ1) is 7.15. The number of nitrogens with zero attached hydrogens (tertiary/aromatic N) is 1. The average molecular weight is 204 g/mol. The molecule has 1 heterocycles. The second-order valence-corrected chi connectivity index (χ2v) is 2.97. The molecule has 0 radical (unpaired) electrons. The van der Waals surface area contributed by atoms with E-state index in [-0.39, 0.29) is 5.82 Å². The molecule has 2 rings (SSSR count). The van der Waals surface area contributed by atoms with Crippen LogP contribution in [0.2, 0.25) is 0 Å². The highest BCUT2D eigenvalue weighted by Gasteiger charge is 2.01. The minimum Gasteiger partial charge on any atom is -0.399 e. The molecule has 0 saturated heterocycles. The molecule has 0 amide bonds. The van der Waals surface area contributed by atoms with E-state index in [0.29, 0.717) is 11.3 Å². The number of benzene rings is 1. The summed E-state index contributed by atoms with van der Waals surface area (Å²) in [5.41, 5.74) is 5.48. The first-order valence-corrected chi connectivity index (χ1v) is 4.22. The molecule has 0 atom stereocenters. The molecule has 0 unspecified atom stereocenters. The van der Waals surface area contributed by atoms with E-state index in [1.165, 1.54) is 0 Å². The summed E-state index contributed by atoms with van der Waals surface area (Å²) in [6.45, 7) is 0. The molecule has 6 heteroatoms. The van der Waals surface area contributed by atoms with Gasteiger partial charge in [0.15, 0.2) is 0 Å². The first-order valence-electron chi connectivity index (χ1n) is 4.22. The molecule has 0 aliphatic carbocycles. The lowest BCUT2D eigenvalue weighted by Gasteiger charge is -1.99. The van der Waals surface area contributed by atoms with Crippen molar-refractivity contribution in [3.8, 4) is 11.4 Å². The molecule has 0 aliphatic rings. The number of nitrogens with two attached hydrogens (primary N) is 1. The summed E-state index contributed by atoms with van der Waals surface area (Å²) in [4.78, 5) is 30.0. The van der Waals surface area contributed by atoms with E-state index in [0.717, 1.165) is 0 Å². The smallest absolute Gasteiger partial charge is 0.351 e. The second kappa shape index (κ2) is 3.41. The normalized spacial score (nSPS) is 10.1. The van der Waals surface area contributed by atoms with Crippen molar-refractivity contribution >= 4 is 5.69 Å². The topological polar surface area (TPSA) is 105 Å². The van der Waals surface area contributed by atoms with E-state index in [1.807, 2.05) is 4.98 Å². The lowest BCUT2D eigenvalue weighted by atomic mass is 10.2. The Kier molecular flexibility index (Phi) is 2.09. The van der Waals surface area contributed by atoms with Gasteiger partial charge in [0, 0.05) is 11.3 Å². The molecule has 0 aliphatic heterocycles. The quantitative estimate of drug-likeness (QED) is 0.555. The summed E-state index contributed by atoms with van der Waals surface area (Å²) in [5.74, 6) is 0.226. The molecule has 1 aromatic carbocycles. The zero-order valence-electron chi connectivity index (χ0n) is 7.65. The number of anilines is 1. The van der Waals surface area contributed by atoms with Gasteiger partial charge in [-0.1, -0.05) is 0 Å². The van der Waals surface area contributed by atoms with Gasteiger partial charge in [0.1, 0.15) is 5.82 Å². The van der Waals surface area contributed by atoms with Crippen LogP contribution in [0.4, 0.5) is 5.69 Å². The minimum absolute atomic E-state index is 0.226. The van der Waals surface area contributed by atoms with Gasteiger partial charge in [-0.15, -0.1) is 0 Å². The fourth-order valence-corrected chi connectivity index (χ4v) is 1.17. The summed E-state index contributed by atoms with van der Waals surface area (Å²) in [6, 6.07) is 6.67. The van der Waals surface area contributed by atoms with Gasteiger partial charge in [-0.3, -0.25) is 9.97 Å². The number of nitrogen functional groups attached to an aromatic ring is 1. The van der Waals surface area contributed by atoms with Crippen molar-refractivity contribution in [2.75, 3.05) is 5.73 Å². The predicted molar refractivity (Wildman–Crippen MR) is 55.3 cm³/mol. The standard InChI is InChI=1S/C9H8N4O2/c10-6-3-1-5(2-4-6)7-11-8(14)13-9(15)12-7/h1-4H,10H2,(H2,11,12,13,14,15). The van der Waals surface area contributed by atoms with Gasteiger partial charge >= 0.3 is 11.4 Å². The summed E-state index contributed by atoms with van der Waals surface area (Å²) in [6.07, 6.45) is 0. The third-order valence-corrected chi connectivity index (χ3v) is 1.85. The lowest BCUT2D eigenvalue weighted by Crippen LogP contribution is -2.25. The molecular formula is C9H8N4O2. The maximum Gasteiger partial charge on any atom is 0.351 e. The monoisotopic (exact) mass is 204 g/mol. The molecule has 0 bridgehead atoms. The van der Waals surface area contributed by atoms with Gasteiger partial charge in [0.2, 0.25) is 0 Å². The average Bonchev–Trinajstić information content (AvgIpc) is 2.17. The van der Waals surface area contributed by atoms with Crippen LogP contribution < -0.4 is 17.1 Å². The molecule has 0 spiro atoms. The third kappa shape index (κ3) is 1.93. The number of hydrogen-bond acceptors (Lipinski definition) is 4. The lowest BCUT2D eigenvalue weighted by molar-refractivity contribution is 0.943. The summed E-state index contributed by atoms with van der Waals surface area (Å²) in [7, 11) is 0. The minimum atomic E-state index is -0.675. The maximum absolute atomic E-state index is 11.0. The fourth-order valence-electron chi connectivity index (χ4n) is 1.17. The molecule has 0 fully saturated rings. The van der Waals surface area contributed by atoms with E-state index in [1.54, 1.807) is 24.3 Å². The number of aromatic amines is 2. The van der Waals surface area contributed by atoms with Crippen LogP contribution >= 0.6 is 0 Å². The van der Waals surface area contributed by atoms with Crippen molar-refractivity contribution in [2.45, 2.75) is 0 Å². The van der Waals surface area contributed by atoms with Crippen molar-refractivity contribution in [1.82, 2.24) is 15.0 Å². The Morgan fingerprint density at radius 1 is 1.07 bits per heavy atom. The highest BCUT2D eigenvalue weighted by atomic mass is 16.2. The second-order valence-electron chi connectivity index (χ2n) is 2.97. The number of nitrogens with one attached hydrogen (secondary N) is 2. The van der Waals surface area contributed by atoms with E-state index in [2.05, 4.69) is 9.97 Å². The van der Waals surface area contributed by atoms with Crippen molar-refractivity contribution < 1.29 is 0 Å². The number of rotatable bonds is 1. The molecule has 76 valence electrons. The Morgan fingerprint density at radius 3 is 2.33 bits per heavy atom. The van der Waals surface area contributed by atoms with Crippen LogP contribution in [0.25, 0.3) is 11.4 Å². The van der Waals surface area contributed by atoms with E-state index in [9.17, 15) is 9.59 Å². The van der Waals surface area contributed by atoms with Crippen molar-refractivity contribution in [1.29, 1.82) is 0 Å².